The predicted molar refractivity (Wildman–Crippen MR) is 131 cm³/mol. The quantitative estimate of drug-likeness (QED) is 0.288. The number of nitrogens with two attached hydrogens (primary N) is 1. The molecule has 0 spiro atoms. The van der Waals surface area contributed by atoms with Crippen molar-refractivity contribution in [1.29, 1.82) is 0 Å². The number of hydrogen-bond donors (Lipinski definition) is 2. The number of halogens is 4. The van der Waals surface area contributed by atoms with Crippen molar-refractivity contribution in [2.45, 2.75) is 44.6 Å². The van der Waals surface area contributed by atoms with Crippen LogP contribution in [-0.2, 0) is 19.3 Å². The van der Waals surface area contributed by atoms with Gasteiger partial charge in [-0.3, -0.25) is 4.79 Å². The van der Waals surface area contributed by atoms with E-state index in [0.29, 0.717) is 30.5 Å². The average Bonchev–Trinajstić information content (AvgIpc) is 3.51. The van der Waals surface area contributed by atoms with Crippen molar-refractivity contribution in [1.82, 2.24) is 0 Å². The number of oxime groups is 1. The Kier molecular flexibility index (Phi) is 8.70. The van der Waals surface area contributed by atoms with Gasteiger partial charge in [0.05, 0.1) is 5.71 Å². The van der Waals surface area contributed by atoms with E-state index in [-0.39, 0.29) is 41.7 Å². The molecule has 1 atom stereocenters. The van der Waals surface area contributed by atoms with E-state index in [9.17, 15) is 18.0 Å². The number of carbonyl (C=O) groups is 1. The molecule has 3 aromatic rings. The second-order valence-corrected chi connectivity index (χ2v) is 8.56. The van der Waals surface area contributed by atoms with Gasteiger partial charge in [0.25, 0.3) is 0 Å². The highest BCUT2D eigenvalue weighted by Gasteiger charge is 2.20. The Morgan fingerprint density at radius 3 is 1.94 bits per heavy atom. The number of hydrogen-bond acceptors (Lipinski definition) is 4. The van der Waals surface area contributed by atoms with E-state index >= 15 is 0 Å². The molecule has 0 radical (unpaired) electrons. The van der Waals surface area contributed by atoms with Crippen molar-refractivity contribution < 1.29 is 23.2 Å². The molecule has 0 aromatic heterocycles. The number of aryl methyl sites for hydroxylation is 3. The smallest absolute Gasteiger partial charge is 0.163 e. The number of rotatable bonds is 0. The van der Waals surface area contributed by atoms with Crippen LogP contribution in [0.15, 0.2) is 59.8 Å². The van der Waals surface area contributed by atoms with E-state index in [4.69, 9.17) is 10.9 Å². The first-order valence-corrected chi connectivity index (χ1v) is 11.2. The number of benzene rings is 3. The van der Waals surface area contributed by atoms with Gasteiger partial charge in [0.15, 0.2) is 5.78 Å². The van der Waals surface area contributed by atoms with Crippen molar-refractivity contribution in [3.05, 3.63) is 105 Å². The minimum Gasteiger partial charge on any atom is -0.411 e. The van der Waals surface area contributed by atoms with Crippen LogP contribution in [0.1, 0.15) is 63.5 Å². The fourth-order valence-electron chi connectivity index (χ4n) is 4.59. The van der Waals surface area contributed by atoms with Crippen LogP contribution in [0.25, 0.3) is 0 Å². The number of carbonyl (C=O) groups excluding carboxylic acids is 1. The molecule has 6 rings (SSSR count). The van der Waals surface area contributed by atoms with Crippen molar-refractivity contribution >= 4 is 23.9 Å². The van der Waals surface area contributed by atoms with Crippen LogP contribution in [0, 0.1) is 17.5 Å². The molecular weight excluding hydrogens is 477 g/mol. The van der Waals surface area contributed by atoms with E-state index in [1.807, 2.05) is 0 Å². The van der Waals surface area contributed by atoms with Crippen LogP contribution in [0.3, 0.4) is 0 Å². The van der Waals surface area contributed by atoms with E-state index in [1.54, 1.807) is 24.3 Å². The molecule has 0 saturated heterocycles. The van der Waals surface area contributed by atoms with Crippen LogP contribution in [-0.4, -0.2) is 16.7 Å². The molecular formula is C27H26ClF3N2O2. The second kappa shape index (κ2) is 11.5. The zero-order valence-electron chi connectivity index (χ0n) is 18.9. The van der Waals surface area contributed by atoms with Crippen LogP contribution in [0.2, 0.25) is 0 Å². The minimum atomic E-state index is -0.251. The average molecular weight is 503 g/mol. The molecule has 0 amide bonds. The highest BCUT2D eigenvalue weighted by molar-refractivity contribution is 6.04. The summed E-state index contributed by atoms with van der Waals surface area (Å²) in [7, 11) is 0. The summed E-state index contributed by atoms with van der Waals surface area (Å²) in [5.41, 5.74) is 12.0. The van der Waals surface area contributed by atoms with Crippen LogP contribution in [0.4, 0.5) is 13.2 Å². The summed E-state index contributed by atoms with van der Waals surface area (Å²) in [5.74, 6) is -0.496. The van der Waals surface area contributed by atoms with Crippen molar-refractivity contribution in [3.63, 3.8) is 0 Å². The maximum absolute atomic E-state index is 12.7. The number of nitrogens with zero attached hydrogens (tertiary/aromatic N) is 1. The van der Waals surface area contributed by atoms with Gasteiger partial charge in [-0.05, 0) is 103 Å². The molecule has 3 aliphatic rings. The van der Waals surface area contributed by atoms with Gasteiger partial charge in [-0.15, -0.1) is 12.4 Å². The third-order valence-electron chi connectivity index (χ3n) is 6.35. The molecule has 3 aliphatic carbocycles. The van der Waals surface area contributed by atoms with Crippen LogP contribution < -0.4 is 5.73 Å². The summed E-state index contributed by atoms with van der Waals surface area (Å²) >= 11 is 0. The first-order chi connectivity index (χ1) is 16.4. The van der Waals surface area contributed by atoms with Gasteiger partial charge in [-0.1, -0.05) is 11.2 Å². The Labute approximate surface area is 208 Å². The Morgan fingerprint density at radius 2 is 1.29 bits per heavy atom. The monoisotopic (exact) mass is 502 g/mol. The molecule has 0 aliphatic heterocycles. The van der Waals surface area contributed by atoms with Gasteiger partial charge in [0.2, 0.25) is 0 Å². The zero-order chi connectivity index (χ0) is 24.2. The topological polar surface area (TPSA) is 75.7 Å². The van der Waals surface area contributed by atoms with Crippen molar-refractivity contribution in [3.8, 4) is 0 Å². The lowest BCUT2D eigenvalue weighted by molar-refractivity contribution is 0.0994. The van der Waals surface area contributed by atoms with Gasteiger partial charge in [0, 0.05) is 23.6 Å². The Bertz CT molecular complexity index is 1260. The molecule has 35 heavy (non-hydrogen) atoms. The van der Waals surface area contributed by atoms with E-state index in [1.165, 1.54) is 30.3 Å². The molecule has 1 unspecified atom stereocenters. The highest BCUT2D eigenvalue weighted by Crippen LogP contribution is 2.29. The van der Waals surface area contributed by atoms with Crippen molar-refractivity contribution in [2.75, 3.05) is 0 Å². The standard InChI is InChI=1S/C9H8FNO.C9H10FN.C9H7FO.ClH/c10-7-2-3-8-6(5-7)1-4-9(8)11-12;2*10-7-2-3-8-6(5-7)1-4-9(8)11;/h2-3,5,12H,1,4H2;2-3,5,9H,1,4,11H2;2-3,5H,1,4H2;1H. The molecule has 8 heteroatoms. The lowest BCUT2D eigenvalue weighted by atomic mass is 10.1. The summed E-state index contributed by atoms with van der Waals surface area (Å²) in [6.45, 7) is 0. The molecule has 0 heterocycles. The van der Waals surface area contributed by atoms with Crippen LogP contribution in [0.5, 0.6) is 0 Å². The van der Waals surface area contributed by atoms with E-state index < -0.39 is 0 Å². The fourth-order valence-corrected chi connectivity index (χ4v) is 4.59. The fraction of sp³-hybridized carbons (Fsp3) is 0.259. The molecule has 0 bridgehead atoms. The Hall–Kier alpha value is -3.16. The van der Waals surface area contributed by atoms with Gasteiger partial charge < -0.3 is 10.9 Å². The summed E-state index contributed by atoms with van der Waals surface area (Å²) in [4.78, 5) is 11.1. The predicted octanol–water partition coefficient (Wildman–Crippen LogP) is 6.10. The second-order valence-electron chi connectivity index (χ2n) is 8.56. The summed E-state index contributed by atoms with van der Waals surface area (Å²) < 4.78 is 37.9. The lowest BCUT2D eigenvalue weighted by Gasteiger charge is -2.02. The van der Waals surface area contributed by atoms with Gasteiger partial charge in [-0.2, -0.15) is 0 Å². The summed E-state index contributed by atoms with van der Waals surface area (Å²) in [6, 6.07) is 13.9. The minimum absolute atomic E-state index is 0. The molecule has 0 saturated carbocycles. The number of fused-ring (bicyclic) bond motifs is 3. The highest BCUT2D eigenvalue weighted by atomic mass is 35.5. The first-order valence-electron chi connectivity index (χ1n) is 11.2. The third-order valence-corrected chi connectivity index (χ3v) is 6.35. The van der Waals surface area contributed by atoms with Gasteiger partial charge in [0.1, 0.15) is 17.5 Å². The van der Waals surface area contributed by atoms with Crippen molar-refractivity contribution in [2.24, 2.45) is 10.9 Å². The van der Waals surface area contributed by atoms with Gasteiger partial charge in [-0.25, -0.2) is 13.2 Å². The molecule has 0 fully saturated rings. The molecule has 4 nitrogen and oxygen atoms in total. The van der Waals surface area contributed by atoms with E-state index in [0.717, 1.165) is 47.1 Å². The summed E-state index contributed by atoms with van der Waals surface area (Å²) in [5, 5.41) is 11.7. The molecule has 184 valence electrons. The Balaban J connectivity index is 0.000000145. The summed E-state index contributed by atoms with van der Waals surface area (Å²) in [6.07, 6.45) is 4.60. The van der Waals surface area contributed by atoms with Crippen LogP contribution >= 0.6 is 12.4 Å². The first kappa shape index (κ1) is 26.4. The molecule has 3 N–H and O–H groups in total. The number of ketones is 1. The maximum atomic E-state index is 12.7. The van der Waals surface area contributed by atoms with E-state index in [2.05, 4.69) is 5.16 Å². The SMILES string of the molecule is Cl.NC1CCc2cc(F)ccc21.O=C1CCc2cc(F)ccc21.ON=C1CCc2cc(F)ccc21. The third kappa shape index (κ3) is 6.10. The zero-order valence-corrected chi connectivity index (χ0v) is 19.8. The largest absolute Gasteiger partial charge is 0.411 e. The lowest BCUT2D eigenvalue weighted by Crippen LogP contribution is -2.04. The number of Topliss-reactive ketones (excluding diaryl/α,β-unsaturated/α-hetero) is 1. The Morgan fingerprint density at radius 1 is 0.743 bits per heavy atom. The normalized spacial score (nSPS) is 17.9. The maximum Gasteiger partial charge on any atom is 0.163 e. The molecule has 3 aromatic carbocycles. The van der Waals surface area contributed by atoms with Gasteiger partial charge >= 0.3 is 0 Å².